The van der Waals surface area contributed by atoms with E-state index < -0.39 is 26.5 Å². The van der Waals surface area contributed by atoms with Crippen LogP contribution in [0.1, 0.15) is 142 Å². The maximum absolute atomic E-state index is 12.0. The first-order chi connectivity index (χ1) is 22.8. The van der Waals surface area contributed by atoms with Crippen LogP contribution in [0.25, 0.3) is 0 Å². The maximum Gasteiger partial charge on any atom is 0.472 e. The minimum atomic E-state index is -4.42. The van der Waals surface area contributed by atoms with Crippen molar-refractivity contribution in [1.29, 1.82) is 0 Å². The molecule has 3 N–H and O–H groups in total. The number of unbranched alkanes of at least 4 members (excludes halogenated alkanes) is 12. The lowest BCUT2D eigenvalue weighted by molar-refractivity contribution is -0.147. The first kappa shape index (κ1) is 45.0. The zero-order valence-corrected chi connectivity index (χ0v) is 30.4. The van der Waals surface area contributed by atoms with Gasteiger partial charge in [0.2, 0.25) is 5.91 Å². The van der Waals surface area contributed by atoms with Crippen LogP contribution in [0.15, 0.2) is 48.6 Å². The number of hydrogen-bond acceptors (Lipinski definition) is 7. The molecule has 1 amide bonds. The van der Waals surface area contributed by atoms with E-state index in [9.17, 15) is 24.2 Å². The highest BCUT2D eigenvalue weighted by molar-refractivity contribution is 7.47. The lowest BCUT2D eigenvalue weighted by Crippen LogP contribution is -2.27. The Morgan fingerprint density at radius 2 is 1.21 bits per heavy atom. The number of aliphatic hydroxyl groups is 1. The van der Waals surface area contributed by atoms with Gasteiger partial charge in [0.05, 0.1) is 13.2 Å². The number of aliphatic hydroxyl groups excluding tert-OH is 1. The summed E-state index contributed by atoms with van der Waals surface area (Å²) in [5.41, 5.74) is 0. The van der Waals surface area contributed by atoms with Gasteiger partial charge in [-0.15, -0.1) is 0 Å². The number of nitrogens with one attached hydrogen (secondary N) is 1. The number of hydrogen-bond donors (Lipinski definition) is 3. The quantitative estimate of drug-likeness (QED) is 0.0270. The first-order valence-corrected chi connectivity index (χ1v) is 19.6. The first-order valence-electron chi connectivity index (χ1n) is 18.1. The third kappa shape index (κ3) is 35.1. The highest BCUT2D eigenvalue weighted by atomic mass is 31.2. The number of phosphoric ester groups is 1. The molecule has 0 rings (SSSR count). The van der Waals surface area contributed by atoms with Gasteiger partial charge in [0.25, 0.3) is 0 Å². The van der Waals surface area contributed by atoms with E-state index in [0.29, 0.717) is 6.42 Å². The average Bonchev–Trinajstić information content (AvgIpc) is 3.05. The summed E-state index contributed by atoms with van der Waals surface area (Å²) in [6, 6.07) is 0. The van der Waals surface area contributed by atoms with Crippen molar-refractivity contribution in [3.05, 3.63) is 48.6 Å². The SMILES string of the molecule is CC/C=C\C/C=C\C/C=C\C/C=C\CCCCC(=O)NCCOP(=O)(O)OCC(O)COC(=O)CCCCCCCCCCCCC. The molecule has 0 saturated carbocycles. The van der Waals surface area contributed by atoms with Crippen LogP contribution >= 0.6 is 7.82 Å². The van der Waals surface area contributed by atoms with E-state index in [-0.39, 0.29) is 32.1 Å². The van der Waals surface area contributed by atoms with E-state index >= 15 is 0 Å². The third-order valence-corrected chi connectivity index (χ3v) is 8.26. The van der Waals surface area contributed by atoms with Crippen LogP contribution in [0.5, 0.6) is 0 Å². The fourth-order valence-corrected chi connectivity index (χ4v) is 5.30. The maximum atomic E-state index is 12.0. The summed E-state index contributed by atoms with van der Waals surface area (Å²) in [5, 5.41) is 12.6. The number of esters is 1. The summed E-state index contributed by atoms with van der Waals surface area (Å²) in [4.78, 5) is 33.7. The molecule has 0 aliphatic heterocycles. The largest absolute Gasteiger partial charge is 0.472 e. The summed E-state index contributed by atoms with van der Waals surface area (Å²) in [6.07, 6.45) is 36.2. The predicted octanol–water partition coefficient (Wildman–Crippen LogP) is 9.21. The van der Waals surface area contributed by atoms with Crippen molar-refractivity contribution >= 4 is 19.7 Å². The highest BCUT2D eigenvalue weighted by Gasteiger charge is 2.23. The fourth-order valence-electron chi connectivity index (χ4n) is 4.55. The summed E-state index contributed by atoms with van der Waals surface area (Å²) in [5.74, 6) is -0.563. The number of carbonyl (C=O) groups excluding carboxylic acids is 2. The van der Waals surface area contributed by atoms with Gasteiger partial charge in [0, 0.05) is 19.4 Å². The van der Waals surface area contributed by atoms with E-state index in [0.717, 1.165) is 64.2 Å². The molecular formula is C37H66NO8P. The van der Waals surface area contributed by atoms with E-state index in [1.165, 1.54) is 51.4 Å². The summed E-state index contributed by atoms with van der Waals surface area (Å²) < 4.78 is 26.7. The van der Waals surface area contributed by atoms with Gasteiger partial charge >= 0.3 is 13.8 Å². The summed E-state index contributed by atoms with van der Waals surface area (Å²) >= 11 is 0. The standard InChI is InChI=1S/C37H66NO8P/c1-3-5-7-9-11-13-15-16-17-18-20-21-23-25-27-29-36(40)38-31-32-45-47(42,43)46-34-35(39)33-44-37(41)30-28-26-24-22-19-14-12-10-8-6-4-2/h5,7,11,13,16-17,20-21,35,39H,3-4,6,8-10,12,14-15,18-19,22-34H2,1-2H3,(H,38,40)(H,42,43)/b7-5-,13-11-,17-16-,21-20-. The van der Waals surface area contributed by atoms with Crippen LogP contribution in [-0.2, 0) is 27.9 Å². The normalized spacial score (nSPS) is 14.0. The molecule has 0 aliphatic rings. The minimum absolute atomic E-state index is 0.0584. The lowest BCUT2D eigenvalue weighted by atomic mass is 10.1. The Morgan fingerprint density at radius 1 is 0.681 bits per heavy atom. The number of phosphoric acid groups is 1. The summed E-state index contributed by atoms with van der Waals surface area (Å²) in [6.45, 7) is 3.35. The van der Waals surface area contributed by atoms with Gasteiger partial charge in [-0.2, -0.15) is 0 Å². The average molecular weight is 684 g/mol. The molecule has 2 unspecified atom stereocenters. The Labute approximate surface area is 285 Å². The van der Waals surface area contributed by atoms with E-state index in [4.69, 9.17) is 13.8 Å². The van der Waals surface area contributed by atoms with Crippen molar-refractivity contribution in [2.75, 3.05) is 26.4 Å². The van der Waals surface area contributed by atoms with Crippen LogP contribution in [0, 0.1) is 0 Å². The van der Waals surface area contributed by atoms with E-state index in [1.54, 1.807) is 0 Å². The van der Waals surface area contributed by atoms with Crippen LogP contribution < -0.4 is 5.32 Å². The van der Waals surface area contributed by atoms with Gasteiger partial charge in [-0.25, -0.2) is 4.57 Å². The zero-order valence-electron chi connectivity index (χ0n) is 29.5. The van der Waals surface area contributed by atoms with Crippen LogP contribution in [0.4, 0.5) is 0 Å². The molecule has 10 heteroatoms. The Kier molecular flexibility index (Phi) is 32.4. The van der Waals surface area contributed by atoms with Crippen molar-refractivity contribution in [1.82, 2.24) is 5.32 Å². The second-order valence-electron chi connectivity index (χ2n) is 11.8. The minimum Gasteiger partial charge on any atom is -0.463 e. The smallest absolute Gasteiger partial charge is 0.463 e. The number of amides is 1. The molecule has 0 saturated heterocycles. The monoisotopic (exact) mass is 683 g/mol. The topological polar surface area (TPSA) is 131 Å². The second kappa shape index (κ2) is 33.9. The van der Waals surface area contributed by atoms with Crippen molar-refractivity contribution in [3.63, 3.8) is 0 Å². The Hall–Kier alpha value is -2.03. The molecule has 0 aliphatic carbocycles. The number of ether oxygens (including phenoxy) is 1. The van der Waals surface area contributed by atoms with Crippen LogP contribution in [-0.4, -0.2) is 54.3 Å². The van der Waals surface area contributed by atoms with Gasteiger partial charge in [-0.3, -0.25) is 18.6 Å². The second-order valence-corrected chi connectivity index (χ2v) is 13.3. The van der Waals surface area contributed by atoms with Gasteiger partial charge < -0.3 is 20.1 Å². The van der Waals surface area contributed by atoms with Gasteiger partial charge in [-0.1, -0.05) is 127 Å². The van der Waals surface area contributed by atoms with Crippen molar-refractivity contribution < 1.29 is 37.9 Å². The summed E-state index contributed by atoms with van der Waals surface area (Å²) in [7, 11) is -4.42. The molecule has 0 aromatic rings. The number of rotatable bonds is 33. The van der Waals surface area contributed by atoms with E-state index in [2.05, 4.69) is 67.8 Å². The molecule has 2 atom stereocenters. The lowest BCUT2D eigenvalue weighted by Gasteiger charge is -2.15. The van der Waals surface area contributed by atoms with Crippen molar-refractivity contribution in [2.45, 2.75) is 148 Å². The van der Waals surface area contributed by atoms with Gasteiger partial charge in [0.15, 0.2) is 0 Å². The molecule has 9 nitrogen and oxygen atoms in total. The molecule has 0 aromatic carbocycles. The molecule has 0 bridgehead atoms. The van der Waals surface area contributed by atoms with Gasteiger partial charge in [0.1, 0.15) is 12.7 Å². The Bertz CT molecular complexity index is 918. The molecule has 272 valence electrons. The number of allylic oxidation sites excluding steroid dienone is 8. The molecule has 47 heavy (non-hydrogen) atoms. The fraction of sp³-hybridized carbons (Fsp3) is 0.730. The van der Waals surface area contributed by atoms with Gasteiger partial charge in [-0.05, 0) is 51.4 Å². The molecule has 0 radical (unpaired) electrons. The molecular weight excluding hydrogens is 617 g/mol. The van der Waals surface area contributed by atoms with Crippen molar-refractivity contribution in [3.8, 4) is 0 Å². The molecule has 0 heterocycles. The third-order valence-electron chi connectivity index (χ3n) is 7.27. The number of carbonyl (C=O) groups is 2. The molecule has 0 spiro atoms. The van der Waals surface area contributed by atoms with E-state index in [1.807, 2.05) is 0 Å². The van der Waals surface area contributed by atoms with Crippen LogP contribution in [0.3, 0.4) is 0 Å². The molecule has 0 fully saturated rings. The highest BCUT2D eigenvalue weighted by Crippen LogP contribution is 2.42. The predicted molar refractivity (Wildman–Crippen MR) is 192 cm³/mol. The van der Waals surface area contributed by atoms with Crippen LogP contribution in [0.2, 0.25) is 0 Å². The van der Waals surface area contributed by atoms with Crippen molar-refractivity contribution in [2.24, 2.45) is 0 Å². The Morgan fingerprint density at radius 3 is 1.81 bits per heavy atom. The Balaban J connectivity index is 3.71. The molecule has 0 aromatic heterocycles. The zero-order chi connectivity index (χ0) is 34.7.